The zero-order chi connectivity index (χ0) is 17.0. The molecule has 0 aromatic heterocycles. The Bertz CT molecular complexity index is 732. The lowest BCUT2D eigenvalue weighted by atomic mass is 10.2. The molecule has 0 aliphatic rings. The molecule has 0 saturated carbocycles. The Labute approximate surface area is 143 Å². The molecule has 0 atom stereocenters. The van der Waals surface area contributed by atoms with Crippen LogP contribution in [0.4, 0.5) is 4.39 Å². The normalized spacial score (nSPS) is 10.5. The molecule has 0 unspecified atom stereocenters. The van der Waals surface area contributed by atoms with Crippen LogP contribution in [0.5, 0.6) is 11.5 Å². The molecule has 23 heavy (non-hydrogen) atoms. The van der Waals surface area contributed by atoms with Gasteiger partial charge in [-0.05, 0) is 30.7 Å². The third-order valence-corrected chi connectivity index (χ3v) is 3.93. The summed E-state index contributed by atoms with van der Waals surface area (Å²) < 4.78 is 24.6. The van der Waals surface area contributed by atoms with Crippen LogP contribution < -0.4 is 9.47 Å². The molecule has 0 radical (unpaired) electrons. The van der Waals surface area contributed by atoms with Gasteiger partial charge in [0.2, 0.25) is 0 Å². The lowest BCUT2D eigenvalue weighted by molar-refractivity contribution is -0.134. The maximum atomic E-state index is 13.9. The van der Waals surface area contributed by atoms with E-state index in [1.165, 1.54) is 12.1 Å². The van der Waals surface area contributed by atoms with Gasteiger partial charge in [0, 0.05) is 17.5 Å². The minimum atomic E-state index is -0.522. The molecular formula is C17H15Cl2FO3. The molecule has 0 heterocycles. The maximum Gasteiger partial charge on any atom is 0.310 e. The third-order valence-electron chi connectivity index (χ3n) is 3.17. The number of ether oxygens (including phenoxy) is 2. The van der Waals surface area contributed by atoms with Gasteiger partial charge in [0.25, 0.3) is 0 Å². The first kappa shape index (κ1) is 17.6. The summed E-state index contributed by atoms with van der Waals surface area (Å²) in [6, 6.07) is 7.61. The number of carbonyl (C=O) groups excluding carboxylic acids is 1. The number of halogens is 3. The smallest absolute Gasteiger partial charge is 0.310 e. The lowest BCUT2D eigenvalue weighted by Gasteiger charge is -2.13. The Kier molecular flexibility index (Phi) is 5.85. The van der Waals surface area contributed by atoms with Crippen LogP contribution in [0.2, 0.25) is 10.0 Å². The summed E-state index contributed by atoms with van der Waals surface area (Å²) in [4.78, 5) is 11.5. The summed E-state index contributed by atoms with van der Waals surface area (Å²) in [5.41, 5.74) is 1.08. The van der Waals surface area contributed by atoms with Crippen LogP contribution in [0.3, 0.4) is 0 Å². The van der Waals surface area contributed by atoms with Gasteiger partial charge in [-0.15, -0.1) is 0 Å². The number of esters is 1. The SMILES string of the molecule is CCC(=O)Oc1cccc(Cl)c1COc1cc(Cl)c(C)cc1F. The third kappa shape index (κ3) is 4.36. The van der Waals surface area contributed by atoms with Crippen molar-refractivity contribution in [2.75, 3.05) is 0 Å². The summed E-state index contributed by atoms with van der Waals surface area (Å²) >= 11 is 12.1. The van der Waals surface area contributed by atoms with Gasteiger partial charge in [0.1, 0.15) is 12.4 Å². The van der Waals surface area contributed by atoms with E-state index in [2.05, 4.69) is 0 Å². The number of hydrogen-bond donors (Lipinski definition) is 0. The Morgan fingerprint density at radius 2 is 1.91 bits per heavy atom. The van der Waals surface area contributed by atoms with Gasteiger partial charge in [-0.3, -0.25) is 4.79 Å². The predicted octanol–water partition coefficient (Wildman–Crippen LogP) is 5.34. The molecule has 122 valence electrons. The largest absolute Gasteiger partial charge is 0.486 e. The second-order valence-electron chi connectivity index (χ2n) is 4.86. The Balaban J connectivity index is 2.23. The Morgan fingerprint density at radius 3 is 2.61 bits per heavy atom. The van der Waals surface area contributed by atoms with Crippen molar-refractivity contribution in [1.82, 2.24) is 0 Å². The standard InChI is InChI=1S/C17H15Cl2FO3/c1-3-17(21)23-15-6-4-5-12(18)11(15)9-22-16-8-13(19)10(2)7-14(16)20/h4-8H,3,9H2,1-2H3. The van der Waals surface area contributed by atoms with Crippen molar-refractivity contribution < 1.29 is 18.7 Å². The van der Waals surface area contributed by atoms with Gasteiger partial charge in [0.05, 0.1) is 10.6 Å². The monoisotopic (exact) mass is 356 g/mol. The molecule has 0 aliphatic heterocycles. The lowest BCUT2D eigenvalue weighted by Crippen LogP contribution is -2.09. The molecule has 0 saturated heterocycles. The van der Waals surface area contributed by atoms with Gasteiger partial charge in [-0.2, -0.15) is 0 Å². The van der Waals surface area contributed by atoms with Crippen LogP contribution in [0.1, 0.15) is 24.5 Å². The maximum absolute atomic E-state index is 13.9. The van der Waals surface area contributed by atoms with Gasteiger partial charge in [-0.25, -0.2) is 4.39 Å². The first-order chi connectivity index (χ1) is 10.9. The number of rotatable bonds is 5. The van der Waals surface area contributed by atoms with Gasteiger partial charge < -0.3 is 9.47 Å². The molecule has 0 amide bonds. The molecule has 0 N–H and O–H groups in total. The highest BCUT2D eigenvalue weighted by Crippen LogP contribution is 2.30. The number of aryl methyl sites for hydroxylation is 1. The van der Waals surface area contributed by atoms with Crippen LogP contribution >= 0.6 is 23.2 Å². The molecule has 3 nitrogen and oxygen atoms in total. The molecule has 0 fully saturated rings. The van der Waals surface area contributed by atoms with E-state index in [1.807, 2.05) is 0 Å². The minimum absolute atomic E-state index is 0.00767. The zero-order valence-corrected chi connectivity index (χ0v) is 14.2. The fourth-order valence-electron chi connectivity index (χ4n) is 1.86. The van der Waals surface area contributed by atoms with E-state index in [0.717, 1.165) is 0 Å². The van der Waals surface area contributed by atoms with Crippen LogP contribution in [-0.2, 0) is 11.4 Å². The van der Waals surface area contributed by atoms with Crippen molar-refractivity contribution in [2.45, 2.75) is 26.9 Å². The van der Waals surface area contributed by atoms with Crippen molar-refractivity contribution in [3.8, 4) is 11.5 Å². The van der Waals surface area contributed by atoms with E-state index in [-0.39, 0.29) is 18.8 Å². The highest BCUT2D eigenvalue weighted by molar-refractivity contribution is 6.31. The molecule has 0 bridgehead atoms. The topological polar surface area (TPSA) is 35.5 Å². The summed E-state index contributed by atoms with van der Waals surface area (Å²) in [5.74, 6) is -0.611. The van der Waals surface area contributed by atoms with Gasteiger partial charge in [0.15, 0.2) is 11.6 Å². The Morgan fingerprint density at radius 1 is 1.17 bits per heavy atom. The van der Waals surface area contributed by atoms with Crippen molar-refractivity contribution >= 4 is 29.2 Å². The molecular weight excluding hydrogens is 342 g/mol. The average Bonchev–Trinajstić information content (AvgIpc) is 2.51. The molecule has 2 rings (SSSR count). The number of hydrogen-bond acceptors (Lipinski definition) is 3. The molecule has 0 spiro atoms. The second kappa shape index (κ2) is 7.66. The minimum Gasteiger partial charge on any atom is -0.486 e. The van der Waals surface area contributed by atoms with E-state index in [0.29, 0.717) is 26.9 Å². The van der Waals surface area contributed by atoms with Crippen molar-refractivity contribution in [2.24, 2.45) is 0 Å². The molecule has 6 heteroatoms. The van der Waals surface area contributed by atoms with Crippen LogP contribution in [0.25, 0.3) is 0 Å². The Hall–Kier alpha value is -1.78. The summed E-state index contributed by atoms with van der Waals surface area (Å²) in [5, 5.41) is 0.767. The van der Waals surface area contributed by atoms with Crippen molar-refractivity contribution in [3.63, 3.8) is 0 Å². The molecule has 2 aromatic rings. The highest BCUT2D eigenvalue weighted by atomic mass is 35.5. The van der Waals surface area contributed by atoms with Gasteiger partial charge >= 0.3 is 5.97 Å². The predicted molar refractivity (Wildman–Crippen MR) is 87.9 cm³/mol. The quantitative estimate of drug-likeness (QED) is 0.536. The molecule has 0 aliphatic carbocycles. The summed E-state index contributed by atoms with van der Waals surface area (Å²) in [6.07, 6.45) is 0.231. The van der Waals surface area contributed by atoms with Crippen molar-refractivity contribution in [3.05, 3.63) is 57.3 Å². The van der Waals surface area contributed by atoms with Crippen LogP contribution in [0, 0.1) is 12.7 Å². The first-order valence-electron chi connectivity index (χ1n) is 6.99. The van der Waals surface area contributed by atoms with E-state index in [9.17, 15) is 9.18 Å². The summed E-state index contributed by atoms with van der Waals surface area (Å²) in [7, 11) is 0. The number of benzene rings is 2. The van der Waals surface area contributed by atoms with E-state index < -0.39 is 11.8 Å². The molecule has 2 aromatic carbocycles. The van der Waals surface area contributed by atoms with Gasteiger partial charge in [-0.1, -0.05) is 36.2 Å². The van der Waals surface area contributed by atoms with E-state index in [1.54, 1.807) is 32.0 Å². The van der Waals surface area contributed by atoms with E-state index in [4.69, 9.17) is 32.7 Å². The van der Waals surface area contributed by atoms with Crippen LogP contribution in [0.15, 0.2) is 30.3 Å². The average molecular weight is 357 g/mol. The second-order valence-corrected chi connectivity index (χ2v) is 5.68. The number of carbonyl (C=O) groups is 1. The van der Waals surface area contributed by atoms with Crippen LogP contribution in [-0.4, -0.2) is 5.97 Å². The van der Waals surface area contributed by atoms with Crippen molar-refractivity contribution in [1.29, 1.82) is 0 Å². The highest BCUT2D eigenvalue weighted by Gasteiger charge is 2.14. The fourth-order valence-corrected chi connectivity index (χ4v) is 2.23. The fraction of sp³-hybridized carbons (Fsp3) is 0.235. The van der Waals surface area contributed by atoms with E-state index >= 15 is 0 Å². The zero-order valence-electron chi connectivity index (χ0n) is 12.7. The summed E-state index contributed by atoms with van der Waals surface area (Å²) in [6.45, 7) is 3.33. The first-order valence-corrected chi connectivity index (χ1v) is 7.74.